The van der Waals surface area contributed by atoms with Crippen molar-refractivity contribution in [2.45, 2.75) is 50.9 Å². The molecule has 1 aromatic rings. The molecule has 0 radical (unpaired) electrons. The van der Waals surface area contributed by atoms with Crippen molar-refractivity contribution in [3.05, 3.63) is 22.4 Å². The Bertz CT molecular complexity index is 470. The molecular formula is C15H22N2O2S. The second kappa shape index (κ2) is 5.47. The lowest BCUT2D eigenvalue weighted by atomic mass is 9.99. The fourth-order valence-corrected chi connectivity index (χ4v) is 3.70. The molecule has 110 valence electrons. The molecule has 1 aromatic heterocycles. The van der Waals surface area contributed by atoms with Crippen LogP contribution in [-0.2, 0) is 9.53 Å². The van der Waals surface area contributed by atoms with Crippen LogP contribution in [0, 0.1) is 0 Å². The van der Waals surface area contributed by atoms with Crippen LogP contribution >= 0.6 is 11.3 Å². The van der Waals surface area contributed by atoms with E-state index in [-0.39, 0.29) is 18.2 Å². The van der Waals surface area contributed by atoms with Crippen molar-refractivity contribution in [1.82, 2.24) is 10.2 Å². The second-order valence-corrected chi connectivity index (χ2v) is 6.66. The summed E-state index contributed by atoms with van der Waals surface area (Å²) in [4.78, 5) is 14.7. The maximum atomic E-state index is 12.8. The summed E-state index contributed by atoms with van der Waals surface area (Å²) in [6, 6.07) is 2.10. The van der Waals surface area contributed by atoms with Crippen LogP contribution in [0.5, 0.6) is 0 Å². The minimum Gasteiger partial charge on any atom is -0.376 e. The molecule has 3 atom stereocenters. The zero-order valence-corrected chi connectivity index (χ0v) is 12.9. The number of thiophene rings is 1. The quantitative estimate of drug-likeness (QED) is 0.928. The van der Waals surface area contributed by atoms with Crippen molar-refractivity contribution in [3.63, 3.8) is 0 Å². The highest BCUT2D eigenvalue weighted by Crippen LogP contribution is 2.34. The van der Waals surface area contributed by atoms with Crippen LogP contribution in [0.25, 0.3) is 0 Å². The van der Waals surface area contributed by atoms with Gasteiger partial charge in [0.15, 0.2) is 0 Å². The summed E-state index contributed by atoms with van der Waals surface area (Å²) in [6.07, 6.45) is 3.15. The van der Waals surface area contributed by atoms with Crippen LogP contribution in [-0.4, -0.2) is 35.6 Å². The first-order chi connectivity index (χ1) is 9.64. The third-order valence-corrected chi connectivity index (χ3v) is 5.19. The highest BCUT2D eigenvalue weighted by molar-refractivity contribution is 7.07. The van der Waals surface area contributed by atoms with Crippen LogP contribution in [0.15, 0.2) is 16.8 Å². The summed E-state index contributed by atoms with van der Waals surface area (Å²) in [7, 11) is 0. The molecule has 3 heterocycles. The van der Waals surface area contributed by atoms with Crippen molar-refractivity contribution in [1.29, 1.82) is 0 Å². The van der Waals surface area contributed by atoms with E-state index in [9.17, 15) is 4.79 Å². The van der Waals surface area contributed by atoms with Crippen molar-refractivity contribution in [3.8, 4) is 0 Å². The zero-order valence-electron chi connectivity index (χ0n) is 12.1. The lowest BCUT2D eigenvalue weighted by Gasteiger charge is -2.26. The topological polar surface area (TPSA) is 41.6 Å². The predicted molar refractivity (Wildman–Crippen MR) is 79.6 cm³/mol. The summed E-state index contributed by atoms with van der Waals surface area (Å²) in [5.41, 5.74) is 0.726. The monoisotopic (exact) mass is 294 g/mol. The van der Waals surface area contributed by atoms with Gasteiger partial charge in [0.2, 0.25) is 5.91 Å². The maximum absolute atomic E-state index is 12.8. The van der Waals surface area contributed by atoms with Gasteiger partial charge in [-0.2, -0.15) is 11.3 Å². The Hall–Kier alpha value is -0.910. The fourth-order valence-electron chi connectivity index (χ4n) is 3.02. The first kappa shape index (κ1) is 14.0. The Morgan fingerprint density at radius 2 is 2.45 bits per heavy atom. The average Bonchev–Trinajstić information content (AvgIpc) is 3.16. The minimum atomic E-state index is -0.453. The molecule has 3 rings (SSSR count). The standard InChI is InChI=1S/C15H22N2O2S/c1-3-15(2)14(18)17(9-12-5-4-7-19-12)13(16-15)11-6-8-20-10-11/h6,8,10,12-13,16H,3-5,7,9H2,1-2H3. The molecule has 20 heavy (non-hydrogen) atoms. The molecule has 0 bridgehead atoms. The molecule has 3 unspecified atom stereocenters. The minimum absolute atomic E-state index is 0.0112. The Labute approximate surface area is 124 Å². The van der Waals surface area contributed by atoms with E-state index in [2.05, 4.69) is 29.1 Å². The van der Waals surface area contributed by atoms with Gasteiger partial charge in [0.05, 0.1) is 11.6 Å². The third kappa shape index (κ3) is 2.38. The zero-order chi connectivity index (χ0) is 14.2. The third-order valence-electron chi connectivity index (χ3n) is 4.49. The van der Waals surface area contributed by atoms with Crippen LogP contribution in [0.4, 0.5) is 0 Å². The van der Waals surface area contributed by atoms with Crippen LogP contribution < -0.4 is 5.32 Å². The number of hydrogen-bond acceptors (Lipinski definition) is 4. The molecule has 2 saturated heterocycles. The Morgan fingerprint density at radius 1 is 1.60 bits per heavy atom. The molecule has 1 amide bonds. The molecule has 0 saturated carbocycles. The van der Waals surface area contributed by atoms with Gasteiger partial charge in [0.1, 0.15) is 6.17 Å². The van der Waals surface area contributed by atoms with Crippen LogP contribution in [0.3, 0.4) is 0 Å². The Balaban J connectivity index is 1.84. The summed E-state index contributed by atoms with van der Waals surface area (Å²) in [6.45, 7) is 5.59. The summed E-state index contributed by atoms with van der Waals surface area (Å²) in [5.74, 6) is 0.201. The largest absolute Gasteiger partial charge is 0.376 e. The SMILES string of the molecule is CCC1(C)NC(c2ccsc2)N(CC2CCCO2)C1=O. The first-order valence-corrected chi connectivity index (χ1v) is 8.31. The van der Waals surface area contributed by atoms with Gasteiger partial charge in [0, 0.05) is 13.2 Å². The van der Waals surface area contributed by atoms with E-state index in [0.29, 0.717) is 6.54 Å². The predicted octanol–water partition coefficient (Wildman–Crippen LogP) is 2.53. The van der Waals surface area contributed by atoms with Gasteiger partial charge in [-0.25, -0.2) is 0 Å². The van der Waals surface area contributed by atoms with E-state index in [1.165, 1.54) is 5.56 Å². The average molecular weight is 294 g/mol. The molecule has 4 nitrogen and oxygen atoms in total. The van der Waals surface area contributed by atoms with Gasteiger partial charge in [0.25, 0.3) is 0 Å². The van der Waals surface area contributed by atoms with Crippen LogP contribution in [0.2, 0.25) is 0 Å². The van der Waals surface area contributed by atoms with Gasteiger partial charge in [-0.05, 0) is 48.6 Å². The number of rotatable bonds is 4. The van der Waals surface area contributed by atoms with Crippen molar-refractivity contribution in [2.24, 2.45) is 0 Å². The number of hydrogen-bond donors (Lipinski definition) is 1. The highest BCUT2D eigenvalue weighted by atomic mass is 32.1. The molecule has 2 aliphatic heterocycles. The van der Waals surface area contributed by atoms with Gasteiger partial charge in [-0.3, -0.25) is 10.1 Å². The van der Waals surface area contributed by atoms with Crippen molar-refractivity contribution < 1.29 is 9.53 Å². The lowest BCUT2D eigenvalue weighted by molar-refractivity contribution is -0.134. The number of nitrogens with one attached hydrogen (secondary N) is 1. The summed E-state index contributed by atoms with van der Waals surface area (Å²) >= 11 is 1.67. The van der Waals surface area contributed by atoms with Crippen molar-refractivity contribution in [2.75, 3.05) is 13.2 Å². The summed E-state index contributed by atoms with van der Waals surface area (Å²) < 4.78 is 5.71. The molecule has 0 aliphatic carbocycles. The molecule has 0 spiro atoms. The summed E-state index contributed by atoms with van der Waals surface area (Å²) in [5, 5.41) is 7.70. The van der Waals surface area contributed by atoms with E-state index >= 15 is 0 Å². The van der Waals surface area contributed by atoms with Gasteiger partial charge in [-0.15, -0.1) is 0 Å². The number of ether oxygens (including phenoxy) is 1. The number of nitrogens with zero attached hydrogens (tertiary/aromatic N) is 1. The molecule has 1 N–H and O–H groups in total. The van der Waals surface area contributed by atoms with E-state index in [1.807, 2.05) is 11.8 Å². The Kier molecular flexibility index (Phi) is 3.84. The second-order valence-electron chi connectivity index (χ2n) is 5.88. The van der Waals surface area contributed by atoms with Gasteiger partial charge >= 0.3 is 0 Å². The molecular weight excluding hydrogens is 272 g/mol. The lowest BCUT2D eigenvalue weighted by Crippen LogP contribution is -2.43. The number of carbonyl (C=O) groups excluding carboxylic acids is 1. The normalized spacial score (nSPS) is 34.1. The van der Waals surface area contributed by atoms with Gasteiger partial charge < -0.3 is 9.64 Å². The maximum Gasteiger partial charge on any atom is 0.244 e. The van der Waals surface area contributed by atoms with E-state index < -0.39 is 5.54 Å². The van der Waals surface area contributed by atoms with E-state index in [0.717, 1.165) is 25.9 Å². The van der Waals surface area contributed by atoms with E-state index in [1.54, 1.807) is 11.3 Å². The number of amides is 1. The van der Waals surface area contributed by atoms with Crippen LogP contribution in [0.1, 0.15) is 44.8 Å². The molecule has 0 aromatic carbocycles. The highest BCUT2D eigenvalue weighted by Gasteiger charge is 2.47. The van der Waals surface area contributed by atoms with Crippen molar-refractivity contribution >= 4 is 17.2 Å². The first-order valence-electron chi connectivity index (χ1n) is 7.36. The molecule has 2 fully saturated rings. The van der Waals surface area contributed by atoms with E-state index in [4.69, 9.17) is 4.74 Å². The fraction of sp³-hybridized carbons (Fsp3) is 0.667. The molecule has 5 heteroatoms. The van der Waals surface area contributed by atoms with Gasteiger partial charge in [-0.1, -0.05) is 6.92 Å². The molecule has 2 aliphatic rings. The smallest absolute Gasteiger partial charge is 0.244 e. The Morgan fingerprint density at radius 3 is 3.05 bits per heavy atom. The number of carbonyl (C=O) groups is 1.